The van der Waals surface area contributed by atoms with Crippen molar-refractivity contribution in [2.24, 2.45) is 5.92 Å². The van der Waals surface area contributed by atoms with Gasteiger partial charge in [0.1, 0.15) is 0 Å². The van der Waals surface area contributed by atoms with E-state index in [4.69, 9.17) is 24.5 Å². The van der Waals surface area contributed by atoms with Crippen molar-refractivity contribution in [3.8, 4) is 0 Å². The number of esters is 1. The maximum Gasteiger partial charge on any atom is 0.414 e. The summed E-state index contributed by atoms with van der Waals surface area (Å²) in [5, 5.41) is 18.2. The molecule has 2 bridgehead atoms. The largest absolute Gasteiger partial charge is 0.473 e. The van der Waals surface area contributed by atoms with Crippen LogP contribution in [0.3, 0.4) is 0 Å². The number of rotatable bonds is 1. The van der Waals surface area contributed by atoms with Crippen molar-refractivity contribution in [2.75, 3.05) is 7.11 Å². The first kappa shape index (κ1) is 13.4. The third-order valence-electron chi connectivity index (χ3n) is 2.99. The predicted molar refractivity (Wildman–Crippen MR) is 55.3 cm³/mol. The summed E-state index contributed by atoms with van der Waals surface area (Å²) in [6.07, 6.45) is 3.36. The molecule has 7 nitrogen and oxygen atoms in total. The van der Waals surface area contributed by atoms with E-state index in [1.165, 1.54) is 13.5 Å². The van der Waals surface area contributed by atoms with Crippen LogP contribution in [0.15, 0.2) is 0 Å². The van der Waals surface area contributed by atoms with Crippen molar-refractivity contribution in [3.63, 3.8) is 0 Å². The average molecular weight is 245 g/mol. The minimum Gasteiger partial charge on any atom is -0.473 e. The summed E-state index contributed by atoms with van der Waals surface area (Å²) in [5.41, 5.74) is 0. The molecule has 17 heavy (non-hydrogen) atoms. The Hall–Kier alpha value is -1.63. The number of carbonyl (C=O) groups is 3. The SMILES string of the molecule is COC(=O)[C@@H]1C[C@H]2CC[C@@H]1N2.O=C(O)C(=O)O. The topological polar surface area (TPSA) is 113 Å². The van der Waals surface area contributed by atoms with Gasteiger partial charge in [-0.1, -0.05) is 0 Å². The summed E-state index contributed by atoms with van der Waals surface area (Å²) < 4.78 is 4.71. The zero-order valence-electron chi connectivity index (χ0n) is 9.38. The van der Waals surface area contributed by atoms with Crippen LogP contribution < -0.4 is 5.32 Å². The molecule has 3 N–H and O–H groups in total. The van der Waals surface area contributed by atoms with Crippen molar-refractivity contribution in [1.29, 1.82) is 0 Å². The van der Waals surface area contributed by atoms with Crippen molar-refractivity contribution < 1.29 is 29.3 Å². The van der Waals surface area contributed by atoms with Gasteiger partial charge in [0.15, 0.2) is 0 Å². The fourth-order valence-electron chi connectivity index (χ4n) is 2.24. The van der Waals surface area contributed by atoms with Gasteiger partial charge < -0.3 is 20.3 Å². The molecular formula is C10H15NO6. The van der Waals surface area contributed by atoms with Crippen molar-refractivity contribution in [3.05, 3.63) is 0 Å². The number of carbonyl (C=O) groups excluding carboxylic acids is 1. The van der Waals surface area contributed by atoms with Crippen LogP contribution in [-0.4, -0.2) is 47.3 Å². The molecule has 2 aliphatic rings. The summed E-state index contributed by atoms with van der Waals surface area (Å²) in [6.45, 7) is 0. The summed E-state index contributed by atoms with van der Waals surface area (Å²) in [4.78, 5) is 29.3. The minimum atomic E-state index is -1.82. The second-order valence-corrected chi connectivity index (χ2v) is 4.02. The first-order valence-corrected chi connectivity index (χ1v) is 5.25. The van der Waals surface area contributed by atoms with Crippen LogP contribution in [0, 0.1) is 5.92 Å². The van der Waals surface area contributed by atoms with E-state index < -0.39 is 11.9 Å². The molecule has 2 rings (SSSR count). The fourth-order valence-corrected chi connectivity index (χ4v) is 2.24. The molecule has 0 spiro atoms. The first-order valence-electron chi connectivity index (χ1n) is 5.25. The Labute approximate surface area is 97.8 Å². The average Bonchev–Trinajstić information content (AvgIpc) is 2.90. The molecule has 0 aromatic rings. The molecule has 0 aromatic heterocycles. The lowest BCUT2D eigenvalue weighted by atomic mass is 9.89. The van der Waals surface area contributed by atoms with Crippen LogP contribution in [-0.2, 0) is 19.1 Å². The summed E-state index contributed by atoms with van der Waals surface area (Å²) in [5.74, 6) is -3.55. The Morgan fingerprint density at radius 1 is 1.18 bits per heavy atom. The van der Waals surface area contributed by atoms with Crippen LogP contribution in [0.4, 0.5) is 0 Å². The third-order valence-corrected chi connectivity index (χ3v) is 2.99. The van der Waals surface area contributed by atoms with Gasteiger partial charge >= 0.3 is 17.9 Å². The molecule has 0 saturated carbocycles. The van der Waals surface area contributed by atoms with Gasteiger partial charge in [0.2, 0.25) is 0 Å². The lowest BCUT2D eigenvalue weighted by Crippen LogP contribution is -2.29. The Bertz CT molecular complexity index is 317. The van der Waals surface area contributed by atoms with Gasteiger partial charge in [-0.15, -0.1) is 0 Å². The van der Waals surface area contributed by atoms with Gasteiger partial charge in [0, 0.05) is 12.1 Å². The highest BCUT2D eigenvalue weighted by Gasteiger charge is 2.43. The van der Waals surface area contributed by atoms with E-state index in [0.29, 0.717) is 12.1 Å². The summed E-state index contributed by atoms with van der Waals surface area (Å²) in [7, 11) is 1.47. The second-order valence-electron chi connectivity index (χ2n) is 4.02. The molecule has 2 heterocycles. The fraction of sp³-hybridized carbons (Fsp3) is 0.700. The number of ether oxygens (including phenoxy) is 1. The number of fused-ring (bicyclic) bond motifs is 2. The van der Waals surface area contributed by atoms with E-state index in [1.54, 1.807) is 0 Å². The van der Waals surface area contributed by atoms with E-state index >= 15 is 0 Å². The monoisotopic (exact) mass is 245 g/mol. The van der Waals surface area contributed by atoms with Gasteiger partial charge in [-0.3, -0.25) is 4.79 Å². The molecule has 96 valence electrons. The van der Waals surface area contributed by atoms with E-state index in [2.05, 4.69) is 5.32 Å². The number of nitrogens with one attached hydrogen (secondary N) is 1. The highest BCUT2D eigenvalue weighted by molar-refractivity contribution is 6.27. The van der Waals surface area contributed by atoms with Gasteiger partial charge in [-0.2, -0.15) is 0 Å². The van der Waals surface area contributed by atoms with Crippen molar-refractivity contribution in [1.82, 2.24) is 5.32 Å². The number of methoxy groups -OCH3 is 1. The first-order chi connectivity index (χ1) is 7.95. The van der Waals surface area contributed by atoms with Crippen LogP contribution in [0.1, 0.15) is 19.3 Å². The molecule has 3 atom stereocenters. The van der Waals surface area contributed by atoms with Crippen LogP contribution >= 0.6 is 0 Å². The van der Waals surface area contributed by atoms with E-state index in [1.807, 2.05) is 0 Å². The molecule has 0 radical (unpaired) electrons. The molecule has 2 fully saturated rings. The number of carboxylic acids is 2. The second kappa shape index (κ2) is 5.62. The highest BCUT2D eigenvalue weighted by Crippen LogP contribution is 2.33. The molecule has 0 amide bonds. The van der Waals surface area contributed by atoms with Crippen molar-refractivity contribution in [2.45, 2.75) is 31.3 Å². The highest BCUT2D eigenvalue weighted by atomic mass is 16.5. The zero-order valence-corrected chi connectivity index (χ0v) is 9.38. The Kier molecular flexibility index (Phi) is 4.45. The van der Waals surface area contributed by atoms with E-state index in [0.717, 1.165) is 12.8 Å². The zero-order chi connectivity index (χ0) is 13.0. The van der Waals surface area contributed by atoms with Crippen LogP contribution in [0.25, 0.3) is 0 Å². The van der Waals surface area contributed by atoms with Crippen LogP contribution in [0.2, 0.25) is 0 Å². The molecule has 0 aliphatic carbocycles. The maximum atomic E-state index is 11.1. The van der Waals surface area contributed by atoms with Gasteiger partial charge in [-0.05, 0) is 19.3 Å². The lowest BCUT2D eigenvalue weighted by molar-refractivity contribution is -0.159. The molecule has 0 aromatic carbocycles. The number of carboxylic acid groups (broad SMARTS) is 2. The number of hydrogen-bond donors (Lipinski definition) is 3. The Balaban J connectivity index is 0.000000209. The van der Waals surface area contributed by atoms with Gasteiger partial charge in [-0.25, -0.2) is 9.59 Å². The molecule has 2 aliphatic heterocycles. The number of hydrogen-bond acceptors (Lipinski definition) is 5. The quantitative estimate of drug-likeness (QED) is 0.420. The summed E-state index contributed by atoms with van der Waals surface area (Å²) in [6, 6.07) is 0.997. The van der Waals surface area contributed by atoms with E-state index in [-0.39, 0.29) is 11.9 Å². The van der Waals surface area contributed by atoms with Crippen molar-refractivity contribution >= 4 is 17.9 Å². The molecule has 0 unspecified atom stereocenters. The van der Waals surface area contributed by atoms with Gasteiger partial charge in [0.05, 0.1) is 13.0 Å². The van der Waals surface area contributed by atoms with Gasteiger partial charge in [0.25, 0.3) is 0 Å². The maximum absolute atomic E-state index is 11.1. The predicted octanol–water partition coefficient (Wildman–Crippen LogP) is -0.544. The Morgan fingerprint density at radius 3 is 2.06 bits per heavy atom. The smallest absolute Gasteiger partial charge is 0.414 e. The summed E-state index contributed by atoms with van der Waals surface area (Å²) >= 11 is 0. The molecule has 7 heteroatoms. The normalized spacial score (nSPS) is 29.1. The lowest BCUT2D eigenvalue weighted by Gasteiger charge is -2.16. The van der Waals surface area contributed by atoms with Crippen LogP contribution in [0.5, 0.6) is 0 Å². The third kappa shape index (κ3) is 3.42. The minimum absolute atomic E-state index is 0.0373. The Morgan fingerprint density at radius 2 is 1.76 bits per heavy atom. The van der Waals surface area contributed by atoms with E-state index in [9.17, 15) is 4.79 Å². The molecule has 2 saturated heterocycles. The number of aliphatic carboxylic acids is 2. The molecular weight excluding hydrogens is 230 g/mol. The standard InChI is InChI=1S/C8H13NO2.C2H2O4/c1-11-8(10)6-4-5-2-3-7(6)9-5;3-1(4)2(5)6/h5-7,9H,2-4H2,1H3;(H,3,4)(H,5,6)/t5-,6-,7+;/m1./s1.